The summed E-state index contributed by atoms with van der Waals surface area (Å²) < 4.78 is 1.36. The second-order valence-electron chi connectivity index (χ2n) is 6.16. The Morgan fingerprint density at radius 3 is 2.67 bits per heavy atom. The van der Waals surface area contributed by atoms with Crippen LogP contribution in [0.25, 0.3) is 10.9 Å². The van der Waals surface area contributed by atoms with Gasteiger partial charge in [0.1, 0.15) is 6.54 Å². The molecule has 0 radical (unpaired) electrons. The van der Waals surface area contributed by atoms with Gasteiger partial charge in [-0.1, -0.05) is 19.3 Å². The van der Waals surface area contributed by atoms with E-state index in [0.29, 0.717) is 10.9 Å². The number of carbonyl (C=O) groups is 1. The Kier molecular flexibility index (Phi) is 4.59. The second kappa shape index (κ2) is 6.82. The van der Waals surface area contributed by atoms with Gasteiger partial charge in [-0.15, -0.1) is 0 Å². The van der Waals surface area contributed by atoms with Crippen LogP contribution in [0.5, 0.6) is 0 Å². The number of nitrogens with zero attached hydrogens (tertiary/aromatic N) is 2. The molecular formula is C17H19N3O4. The zero-order chi connectivity index (χ0) is 17.1. The molecule has 1 aliphatic rings. The van der Waals surface area contributed by atoms with Crippen LogP contribution < -0.4 is 10.9 Å². The average molecular weight is 329 g/mol. The van der Waals surface area contributed by atoms with Crippen LogP contribution in [0.3, 0.4) is 0 Å². The maximum absolute atomic E-state index is 12.3. The van der Waals surface area contributed by atoms with E-state index in [9.17, 15) is 19.7 Å². The van der Waals surface area contributed by atoms with Gasteiger partial charge in [0.25, 0.3) is 11.2 Å². The van der Waals surface area contributed by atoms with Gasteiger partial charge in [-0.2, -0.15) is 0 Å². The van der Waals surface area contributed by atoms with Crippen molar-refractivity contribution in [2.24, 2.45) is 0 Å². The van der Waals surface area contributed by atoms with Crippen LogP contribution in [0, 0.1) is 10.1 Å². The molecule has 0 bridgehead atoms. The fourth-order valence-electron chi connectivity index (χ4n) is 3.23. The van der Waals surface area contributed by atoms with Crippen molar-refractivity contribution in [3.63, 3.8) is 0 Å². The minimum Gasteiger partial charge on any atom is -0.352 e. The number of rotatable bonds is 4. The van der Waals surface area contributed by atoms with Gasteiger partial charge in [0.15, 0.2) is 0 Å². The van der Waals surface area contributed by atoms with Crippen molar-refractivity contribution in [3.8, 4) is 0 Å². The number of amides is 1. The molecule has 0 saturated heterocycles. The summed E-state index contributed by atoms with van der Waals surface area (Å²) in [6.45, 7) is -0.0789. The Hall–Kier alpha value is -2.70. The summed E-state index contributed by atoms with van der Waals surface area (Å²) in [5, 5.41) is 14.4. The van der Waals surface area contributed by atoms with E-state index in [1.807, 2.05) is 0 Å². The SMILES string of the molecule is O=C(Cn1c(=O)ccc2cc([N+](=O)[O-])ccc21)NC1CCCCC1. The third kappa shape index (κ3) is 3.45. The first-order valence-electron chi connectivity index (χ1n) is 8.12. The molecule has 1 heterocycles. The van der Waals surface area contributed by atoms with Gasteiger partial charge in [-0.25, -0.2) is 0 Å². The van der Waals surface area contributed by atoms with E-state index in [0.717, 1.165) is 25.7 Å². The number of non-ortho nitro benzene ring substituents is 1. The van der Waals surface area contributed by atoms with Gasteiger partial charge in [-0.3, -0.25) is 24.3 Å². The number of hydrogen-bond acceptors (Lipinski definition) is 4. The van der Waals surface area contributed by atoms with Crippen molar-refractivity contribution >= 4 is 22.5 Å². The summed E-state index contributed by atoms with van der Waals surface area (Å²) in [5.41, 5.74) is 0.182. The van der Waals surface area contributed by atoms with E-state index < -0.39 is 4.92 Å². The molecule has 1 aromatic heterocycles. The fourth-order valence-corrected chi connectivity index (χ4v) is 3.23. The molecule has 0 unspecified atom stereocenters. The maximum atomic E-state index is 12.3. The number of nitro groups is 1. The molecule has 1 saturated carbocycles. The Bertz CT molecular complexity index is 837. The standard InChI is InChI=1S/C17H19N3O4/c21-16(18-13-4-2-1-3-5-13)11-19-15-8-7-14(20(23)24)10-12(15)6-9-17(19)22/h6-10,13H,1-5,11H2,(H,18,21). The molecule has 126 valence electrons. The monoisotopic (exact) mass is 329 g/mol. The Morgan fingerprint density at radius 2 is 1.96 bits per heavy atom. The normalized spacial score (nSPS) is 15.3. The highest BCUT2D eigenvalue weighted by Crippen LogP contribution is 2.20. The van der Waals surface area contributed by atoms with Crippen LogP contribution >= 0.6 is 0 Å². The smallest absolute Gasteiger partial charge is 0.270 e. The highest BCUT2D eigenvalue weighted by Gasteiger charge is 2.17. The average Bonchev–Trinajstić information content (AvgIpc) is 2.58. The van der Waals surface area contributed by atoms with Crippen molar-refractivity contribution in [1.82, 2.24) is 9.88 Å². The molecule has 7 heteroatoms. The Morgan fingerprint density at radius 1 is 1.21 bits per heavy atom. The molecule has 24 heavy (non-hydrogen) atoms. The molecule has 3 rings (SSSR count). The van der Waals surface area contributed by atoms with Crippen LogP contribution in [-0.2, 0) is 11.3 Å². The lowest BCUT2D eigenvalue weighted by atomic mass is 9.95. The van der Waals surface area contributed by atoms with Crippen LogP contribution in [0.1, 0.15) is 32.1 Å². The van der Waals surface area contributed by atoms with Crippen LogP contribution in [0.4, 0.5) is 5.69 Å². The zero-order valence-electron chi connectivity index (χ0n) is 13.2. The predicted octanol–water partition coefficient (Wildman–Crippen LogP) is 2.36. The molecule has 0 spiro atoms. The number of nitro benzene ring substituents is 1. The molecule has 1 amide bonds. The number of fused-ring (bicyclic) bond motifs is 1. The summed E-state index contributed by atoms with van der Waals surface area (Å²) in [6, 6.07) is 7.32. The lowest BCUT2D eigenvalue weighted by Crippen LogP contribution is -2.39. The molecule has 1 aromatic carbocycles. The molecule has 1 aliphatic carbocycles. The van der Waals surface area contributed by atoms with E-state index in [4.69, 9.17) is 0 Å². The molecule has 1 N–H and O–H groups in total. The molecule has 2 aromatic rings. The number of nitrogens with one attached hydrogen (secondary N) is 1. The summed E-state index contributed by atoms with van der Waals surface area (Å²) >= 11 is 0. The van der Waals surface area contributed by atoms with E-state index in [-0.39, 0.29) is 29.7 Å². The van der Waals surface area contributed by atoms with Crippen LogP contribution in [0.2, 0.25) is 0 Å². The topological polar surface area (TPSA) is 94.2 Å². The van der Waals surface area contributed by atoms with Crippen LogP contribution in [-0.4, -0.2) is 21.4 Å². The van der Waals surface area contributed by atoms with Crippen molar-refractivity contribution in [3.05, 3.63) is 50.8 Å². The first-order valence-corrected chi connectivity index (χ1v) is 8.12. The van der Waals surface area contributed by atoms with Crippen LogP contribution in [0.15, 0.2) is 35.1 Å². The van der Waals surface area contributed by atoms with Crippen molar-refractivity contribution < 1.29 is 9.72 Å². The minimum absolute atomic E-state index is 0.0423. The first-order chi connectivity index (χ1) is 11.5. The van der Waals surface area contributed by atoms with Gasteiger partial charge in [0.05, 0.1) is 10.4 Å². The van der Waals surface area contributed by atoms with E-state index in [2.05, 4.69) is 5.32 Å². The van der Waals surface area contributed by atoms with Gasteiger partial charge < -0.3 is 5.32 Å². The number of pyridine rings is 1. The number of carbonyl (C=O) groups excluding carboxylic acids is 1. The summed E-state index contributed by atoms with van der Waals surface area (Å²) in [7, 11) is 0. The molecule has 0 atom stereocenters. The Balaban J connectivity index is 1.85. The van der Waals surface area contributed by atoms with E-state index >= 15 is 0 Å². The first kappa shape index (κ1) is 16.2. The zero-order valence-corrected chi connectivity index (χ0v) is 13.2. The van der Waals surface area contributed by atoms with Gasteiger partial charge in [-0.05, 0) is 25.0 Å². The molecular weight excluding hydrogens is 310 g/mol. The highest BCUT2D eigenvalue weighted by atomic mass is 16.6. The van der Waals surface area contributed by atoms with Gasteiger partial charge in [0, 0.05) is 29.6 Å². The molecule has 1 fully saturated rings. The molecule has 0 aliphatic heterocycles. The third-order valence-electron chi connectivity index (χ3n) is 4.46. The summed E-state index contributed by atoms with van der Waals surface area (Å²) in [6.07, 6.45) is 5.38. The minimum atomic E-state index is -0.481. The van der Waals surface area contributed by atoms with E-state index in [1.54, 1.807) is 6.07 Å². The largest absolute Gasteiger partial charge is 0.352 e. The number of benzene rings is 1. The summed E-state index contributed by atoms with van der Waals surface area (Å²) in [5.74, 6) is -0.199. The lowest BCUT2D eigenvalue weighted by molar-refractivity contribution is -0.384. The third-order valence-corrected chi connectivity index (χ3v) is 4.46. The highest BCUT2D eigenvalue weighted by molar-refractivity contribution is 5.84. The van der Waals surface area contributed by atoms with Gasteiger partial charge >= 0.3 is 0 Å². The number of hydrogen-bond donors (Lipinski definition) is 1. The van der Waals surface area contributed by atoms with E-state index in [1.165, 1.54) is 35.3 Å². The second-order valence-corrected chi connectivity index (χ2v) is 6.16. The lowest BCUT2D eigenvalue weighted by Gasteiger charge is -2.23. The summed E-state index contributed by atoms with van der Waals surface area (Å²) in [4.78, 5) is 34.8. The van der Waals surface area contributed by atoms with Gasteiger partial charge in [0.2, 0.25) is 5.91 Å². The van der Waals surface area contributed by atoms with Crippen molar-refractivity contribution in [1.29, 1.82) is 0 Å². The number of aromatic nitrogens is 1. The Labute approximate surface area is 138 Å². The van der Waals surface area contributed by atoms with Crippen molar-refractivity contribution in [2.45, 2.75) is 44.7 Å². The molecule has 7 nitrogen and oxygen atoms in total. The quantitative estimate of drug-likeness (QED) is 0.688. The fraction of sp³-hybridized carbons (Fsp3) is 0.412. The predicted molar refractivity (Wildman–Crippen MR) is 89.9 cm³/mol. The maximum Gasteiger partial charge on any atom is 0.270 e. The van der Waals surface area contributed by atoms with Crippen molar-refractivity contribution in [2.75, 3.05) is 0 Å².